The van der Waals surface area contributed by atoms with Crippen molar-refractivity contribution in [2.24, 2.45) is 5.92 Å². The number of amides is 3. The van der Waals surface area contributed by atoms with E-state index >= 15 is 0 Å². The van der Waals surface area contributed by atoms with Gasteiger partial charge in [0.05, 0.1) is 12.5 Å². The van der Waals surface area contributed by atoms with Gasteiger partial charge < -0.3 is 15.1 Å². The van der Waals surface area contributed by atoms with Gasteiger partial charge in [0.25, 0.3) is 5.91 Å². The normalized spacial score (nSPS) is 17.2. The second-order valence-electron chi connectivity index (χ2n) is 8.25. The van der Waals surface area contributed by atoms with E-state index in [-0.39, 0.29) is 35.7 Å². The molecule has 1 saturated heterocycles. The van der Waals surface area contributed by atoms with Crippen LogP contribution in [0.3, 0.4) is 0 Å². The Morgan fingerprint density at radius 3 is 2.43 bits per heavy atom. The number of likely N-dealkylation sites (N-methyl/N-ethyl adjacent to an activating group) is 1. The average Bonchev–Trinajstić information content (AvgIpc) is 2.64. The summed E-state index contributed by atoms with van der Waals surface area (Å²) >= 11 is 5.89. The quantitative estimate of drug-likeness (QED) is 0.815. The van der Waals surface area contributed by atoms with Crippen LogP contribution in [-0.2, 0) is 9.59 Å². The predicted octanol–water partition coefficient (Wildman–Crippen LogP) is 2.96. The highest BCUT2D eigenvalue weighted by atomic mass is 35.5. The highest BCUT2D eigenvalue weighted by Crippen LogP contribution is 2.21. The summed E-state index contributed by atoms with van der Waals surface area (Å²) in [5.74, 6) is -0.622. The zero-order chi connectivity index (χ0) is 20.9. The zero-order valence-corrected chi connectivity index (χ0v) is 17.9. The summed E-state index contributed by atoms with van der Waals surface area (Å²) in [6, 6.07) is 6.78. The van der Waals surface area contributed by atoms with E-state index in [1.807, 2.05) is 27.7 Å². The van der Waals surface area contributed by atoms with E-state index in [4.69, 9.17) is 11.6 Å². The van der Waals surface area contributed by atoms with Crippen LogP contribution in [0.15, 0.2) is 24.3 Å². The molecule has 0 radical (unpaired) electrons. The average molecular weight is 408 g/mol. The van der Waals surface area contributed by atoms with Crippen LogP contribution >= 0.6 is 11.6 Å². The molecule has 1 fully saturated rings. The SMILES string of the molecule is CCN(CC(=O)NC(C)(C)C)C(=O)C1CCCN(C(=O)c2ccc(Cl)cc2)C1. The van der Waals surface area contributed by atoms with Crippen molar-refractivity contribution in [3.8, 4) is 0 Å². The van der Waals surface area contributed by atoms with E-state index in [2.05, 4.69) is 5.32 Å². The highest BCUT2D eigenvalue weighted by Gasteiger charge is 2.32. The summed E-state index contributed by atoms with van der Waals surface area (Å²) in [6.07, 6.45) is 1.49. The number of nitrogens with zero attached hydrogens (tertiary/aromatic N) is 2. The predicted molar refractivity (Wildman–Crippen MR) is 110 cm³/mol. The molecule has 7 heteroatoms. The van der Waals surface area contributed by atoms with Gasteiger partial charge in [0.15, 0.2) is 0 Å². The summed E-state index contributed by atoms with van der Waals surface area (Å²) < 4.78 is 0. The van der Waals surface area contributed by atoms with Crippen LogP contribution in [0.4, 0.5) is 0 Å². The number of rotatable bonds is 5. The topological polar surface area (TPSA) is 69.7 Å². The maximum absolute atomic E-state index is 13.0. The van der Waals surface area contributed by atoms with Gasteiger partial charge >= 0.3 is 0 Å². The number of nitrogens with one attached hydrogen (secondary N) is 1. The fourth-order valence-corrected chi connectivity index (χ4v) is 3.50. The Morgan fingerprint density at radius 1 is 1.21 bits per heavy atom. The number of carbonyl (C=O) groups is 3. The molecule has 1 aromatic carbocycles. The Balaban J connectivity index is 2.01. The van der Waals surface area contributed by atoms with Crippen LogP contribution in [-0.4, -0.2) is 59.2 Å². The lowest BCUT2D eigenvalue weighted by molar-refractivity contribution is -0.140. The Labute approximate surface area is 172 Å². The lowest BCUT2D eigenvalue weighted by Crippen LogP contribution is -2.51. The third-order valence-electron chi connectivity index (χ3n) is 4.69. The smallest absolute Gasteiger partial charge is 0.253 e. The monoisotopic (exact) mass is 407 g/mol. The molecule has 0 spiro atoms. The molecule has 1 unspecified atom stereocenters. The van der Waals surface area contributed by atoms with Crippen LogP contribution in [0.1, 0.15) is 50.9 Å². The van der Waals surface area contributed by atoms with Crippen molar-refractivity contribution >= 4 is 29.3 Å². The van der Waals surface area contributed by atoms with Gasteiger partial charge in [0.1, 0.15) is 0 Å². The number of hydrogen-bond donors (Lipinski definition) is 1. The van der Waals surface area contributed by atoms with Crippen molar-refractivity contribution < 1.29 is 14.4 Å². The number of carbonyl (C=O) groups excluding carboxylic acids is 3. The van der Waals surface area contributed by atoms with Crippen LogP contribution in [0.2, 0.25) is 5.02 Å². The number of piperidine rings is 1. The molecule has 1 atom stereocenters. The maximum atomic E-state index is 13.0. The number of hydrogen-bond acceptors (Lipinski definition) is 3. The number of halogens is 1. The Kier molecular flexibility index (Phi) is 7.47. The van der Waals surface area contributed by atoms with Gasteiger partial charge in [-0.2, -0.15) is 0 Å². The fraction of sp³-hybridized carbons (Fsp3) is 0.571. The van der Waals surface area contributed by atoms with Crippen molar-refractivity contribution in [3.63, 3.8) is 0 Å². The first kappa shape index (κ1) is 22.2. The fourth-order valence-electron chi connectivity index (χ4n) is 3.37. The van der Waals surface area contributed by atoms with Gasteiger partial charge in [-0.3, -0.25) is 14.4 Å². The minimum Gasteiger partial charge on any atom is -0.350 e. The summed E-state index contributed by atoms with van der Waals surface area (Å²) in [6.45, 7) is 9.08. The molecule has 1 heterocycles. The minimum absolute atomic E-state index is 0.0359. The van der Waals surface area contributed by atoms with Gasteiger partial charge in [0.2, 0.25) is 11.8 Å². The molecule has 0 saturated carbocycles. The summed E-state index contributed by atoms with van der Waals surface area (Å²) in [4.78, 5) is 41.2. The van der Waals surface area contributed by atoms with E-state index in [0.717, 1.165) is 12.8 Å². The standard InChI is InChI=1S/C21H30ClN3O3/c1-5-24(14-18(26)23-21(2,3)4)20(28)16-7-6-12-25(13-16)19(27)15-8-10-17(22)11-9-15/h8-11,16H,5-7,12-14H2,1-4H3,(H,23,26). The van der Waals surface area contributed by atoms with Crippen molar-refractivity contribution in [2.75, 3.05) is 26.2 Å². The van der Waals surface area contributed by atoms with Gasteiger partial charge in [-0.15, -0.1) is 0 Å². The molecule has 1 aliphatic rings. The van der Waals surface area contributed by atoms with Gasteiger partial charge in [-0.05, 0) is 64.8 Å². The zero-order valence-electron chi connectivity index (χ0n) is 17.1. The molecule has 6 nitrogen and oxygen atoms in total. The second kappa shape index (κ2) is 9.41. The van der Waals surface area contributed by atoms with Crippen molar-refractivity contribution in [1.82, 2.24) is 15.1 Å². The minimum atomic E-state index is -0.341. The summed E-state index contributed by atoms with van der Waals surface area (Å²) in [7, 11) is 0. The second-order valence-corrected chi connectivity index (χ2v) is 8.68. The van der Waals surface area contributed by atoms with E-state index in [9.17, 15) is 14.4 Å². The first-order chi connectivity index (χ1) is 13.1. The first-order valence-corrected chi connectivity index (χ1v) is 10.1. The van der Waals surface area contributed by atoms with Gasteiger partial charge in [-0.25, -0.2) is 0 Å². The lowest BCUT2D eigenvalue weighted by atomic mass is 9.95. The lowest BCUT2D eigenvalue weighted by Gasteiger charge is -2.35. The molecule has 1 aromatic rings. The Hall–Kier alpha value is -2.08. The third kappa shape index (κ3) is 6.23. The van der Waals surface area contributed by atoms with Crippen LogP contribution in [0.25, 0.3) is 0 Å². The molecule has 154 valence electrons. The molecule has 28 heavy (non-hydrogen) atoms. The maximum Gasteiger partial charge on any atom is 0.253 e. The molecule has 3 amide bonds. The van der Waals surface area contributed by atoms with Crippen molar-refractivity contribution in [2.45, 2.75) is 46.1 Å². The van der Waals surface area contributed by atoms with Crippen LogP contribution in [0, 0.1) is 5.92 Å². The molecule has 2 rings (SSSR count). The van der Waals surface area contributed by atoms with Crippen molar-refractivity contribution in [1.29, 1.82) is 0 Å². The van der Waals surface area contributed by atoms with E-state index < -0.39 is 0 Å². The third-order valence-corrected chi connectivity index (χ3v) is 4.94. The van der Waals surface area contributed by atoms with Gasteiger partial charge in [0, 0.05) is 35.8 Å². The molecule has 1 N–H and O–H groups in total. The number of likely N-dealkylation sites (tertiary alicyclic amines) is 1. The van der Waals surface area contributed by atoms with Crippen LogP contribution in [0.5, 0.6) is 0 Å². The number of benzene rings is 1. The Morgan fingerprint density at radius 2 is 1.86 bits per heavy atom. The molecular weight excluding hydrogens is 378 g/mol. The van der Waals surface area contributed by atoms with E-state index in [1.165, 1.54) is 0 Å². The van der Waals surface area contributed by atoms with E-state index in [0.29, 0.717) is 30.2 Å². The van der Waals surface area contributed by atoms with Gasteiger partial charge in [-0.1, -0.05) is 11.6 Å². The molecule has 1 aliphatic heterocycles. The Bertz CT molecular complexity index is 713. The highest BCUT2D eigenvalue weighted by molar-refractivity contribution is 6.30. The van der Waals surface area contributed by atoms with Crippen molar-refractivity contribution in [3.05, 3.63) is 34.9 Å². The van der Waals surface area contributed by atoms with E-state index in [1.54, 1.807) is 34.1 Å². The summed E-state index contributed by atoms with van der Waals surface area (Å²) in [5.41, 5.74) is 0.223. The largest absolute Gasteiger partial charge is 0.350 e. The molecular formula is C21H30ClN3O3. The molecule has 0 bridgehead atoms. The molecule has 0 aliphatic carbocycles. The van der Waals surface area contributed by atoms with Crippen LogP contribution < -0.4 is 5.32 Å². The summed E-state index contributed by atoms with van der Waals surface area (Å²) in [5, 5.41) is 3.47. The first-order valence-electron chi connectivity index (χ1n) is 9.75. The molecule has 0 aromatic heterocycles.